The maximum atomic E-state index is 5.47. The molecule has 47 heavy (non-hydrogen) atoms. The van der Waals surface area contributed by atoms with Crippen LogP contribution in [0.4, 0.5) is 0 Å². The summed E-state index contributed by atoms with van der Waals surface area (Å²) in [6.45, 7) is 41.9. The van der Waals surface area contributed by atoms with Crippen LogP contribution >= 0.6 is 0 Å². The third-order valence-corrected chi connectivity index (χ3v) is 6.71. The SMILES string of the molecule is C#CCC(NC(=C)CCC)C(=C)NCC(C)CCC(C)C.C=C.CC.CC(C)C.CC1CCCCC1.CCCN.Cc1ccccc1. The third-order valence-electron chi connectivity index (χ3n) is 6.71. The number of nitrogens with one attached hydrogen (secondary N) is 2. The zero-order valence-corrected chi connectivity index (χ0v) is 33.9. The van der Waals surface area contributed by atoms with Gasteiger partial charge in [-0.1, -0.05) is 170 Å². The molecule has 0 heterocycles. The minimum Gasteiger partial charge on any atom is -0.387 e. The van der Waals surface area contributed by atoms with Crippen LogP contribution in [0.25, 0.3) is 0 Å². The molecular formula is C44H85N3. The van der Waals surface area contributed by atoms with E-state index in [0.29, 0.717) is 12.3 Å². The van der Waals surface area contributed by atoms with Crippen LogP contribution in [0.15, 0.2) is 68.0 Å². The van der Waals surface area contributed by atoms with E-state index in [1.54, 1.807) is 0 Å². The second-order valence-corrected chi connectivity index (χ2v) is 13.4. The highest BCUT2D eigenvalue weighted by Gasteiger charge is 2.13. The molecule has 0 saturated heterocycles. The van der Waals surface area contributed by atoms with Crippen molar-refractivity contribution in [2.45, 2.75) is 160 Å². The smallest absolute Gasteiger partial charge is 0.0759 e. The van der Waals surface area contributed by atoms with Gasteiger partial charge in [-0.05, 0) is 56.4 Å². The molecule has 1 aromatic rings. The molecule has 1 saturated carbocycles. The van der Waals surface area contributed by atoms with Crippen molar-refractivity contribution in [3.8, 4) is 12.3 Å². The normalized spacial score (nSPS) is 12.6. The van der Waals surface area contributed by atoms with Crippen molar-refractivity contribution in [1.82, 2.24) is 10.6 Å². The Labute approximate surface area is 298 Å². The number of hydrogen-bond donors (Lipinski definition) is 3. The van der Waals surface area contributed by atoms with E-state index in [0.717, 1.165) is 61.5 Å². The van der Waals surface area contributed by atoms with Gasteiger partial charge in [0.15, 0.2) is 0 Å². The van der Waals surface area contributed by atoms with E-state index < -0.39 is 0 Å². The van der Waals surface area contributed by atoms with Crippen LogP contribution in [0.5, 0.6) is 0 Å². The predicted octanol–water partition coefficient (Wildman–Crippen LogP) is 12.9. The zero-order valence-electron chi connectivity index (χ0n) is 33.9. The molecule has 0 spiro atoms. The Balaban J connectivity index is -0.000000182. The lowest BCUT2D eigenvalue weighted by molar-refractivity contribution is 0.385. The van der Waals surface area contributed by atoms with Crippen LogP contribution in [0.1, 0.15) is 152 Å². The first-order valence-electron chi connectivity index (χ1n) is 18.9. The van der Waals surface area contributed by atoms with E-state index in [-0.39, 0.29) is 6.04 Å². The van der Waals surface area contributed by atoms with Crippen LogP contribution < -0.4 is 16.4 Å². The summed E-state index contributed by atoms with van der Waals surface area (Å²) in [5, 5.41) is 6.84. The zero-order chi connectivity index (χ0) is 37.5. The summed E-state index contributed by atoms with van der Waals surface area (Å²) in [7, 11) is 0. The van der Waals surface area contributed by atoms with E-state index in [1.807, 2.05) is 32.0 Å². The fraction of sp³-hybridized carbons (Fsp3) is 0.682. The Hall–Kier alpha value is -2.44. The molecule has 2 unspecified atom stereocenters. The fourth-order valence-electron chi connectivity index (χ4n) is 3.99. The molecule has 1 aromatic carbocycles. The van der Waals surface area contributed by atoms with Gasteiger partial charge in [0, 0.05) is 24.4 Å². The van der Waals surface area contributed by atoms with Gasteiger partial charge in [0.05, 0.1) is 6.04 Å². The lowest BCUT2D eigenvalue weighted by Gasteiger charge is -2.24. The first-order chi connectivity index (χ1) is 22.3. The largest absolute Gasteiger partial charge is 0.387 e. The molecule has 1 fully saturated rings. The molecule has 3 heteroatoms. The van der Waals surface area contributed by atoms with Crippen LogP contribution in [-0.2, 0) is 0 Å². The monoisotopic (exact) mass is 656 g/mol. The molecular weight excluding hydrogens is 571 g/mol. The van der Waals surface area contributed by atoms with Crippen molar-refractivity contribution in [3.63, 3.8) is 0 Å². The number of rotatable bonds is 13. The van der Waals surface area contributed by atoms with Crippen molar-refractivity contribution >= 4 is 0 Å². The molecule has 0 bridgehead atoms. The molecule has 0 radical (unpaired) electrons. The minimum absolute atomic E-state index is 0.0753. The molecule has 4 N–H and O–H groups in total. The maximum Gasteiger partial charge on any atom is 0.0759 e. The van der Waals surface area contributed by atoms with E-state index in [4.69, 9.17) is 12.2 Å². The van der Waals surface area contributed by atoms with Gasteiger partial charge in [-0.3, -0.25) is 0 Å². The molecule has 2 atom stereocenters. The second-order valence-electron chi connectivity index (χ2n) is 13.4. The van der Waals surface area contributed by atoms with Gasteiger partial charge in [0.25, 0.3) is 0 Å². The summed E-state index contributed by atoms with van der Waals surface area (Å²) < 4.78 is 0. The van der Waals surface area contributed by atoms with Crippen molar-refractivity contribution in [3.05, 3.63) is 73.6 Å². The number of terminal acetylenes is 1. The molecule has 0 aromatic heterocycles. The van der Waals surface area contributed by atoms with Gasteiger partial charge in [-0.25, -0.2) is 0 Å². The van der Waals surface area contributed by atoms with Crippen molar-refractivity contribution in [1.29, 1.82) is 0 Å². The van der Waals surface area contributed by atoms with Crippen LogP contribution in [-0.4, -0.2) is 19.1 Å². The van der Waals surface area contributed by atoms with Gasteiger partial charge < -0.3 is 16.4 Å². The van der Waals surface area contributed by atoms with E-state index in [9.17, 15) is 0 Å². The molecule has 1 aliphatic carbocycles. The van der Waals surface area contributed by atoms with Crippen LogP contribution in [0, 0.1) is 42.9 Å². The van der Waals surface area contributed by atoms with Crippen LogP contribution in [0.3, 0.4) is 0 Å². The van der Waals surface area contributed by atoms with Crippen molar-refractivity contribution < 1.29 is 0 Å². The molecule has 0 aliphatic heterocycles. The van der Waals surface area contributed by atoms with Gasteiger partial charge in [0.2, 0.25) is 0 Å². The summed E-state index contributed by atoms with van der Waals surface area (Å²) >= 11 is 0. The highest BCUT2D eigenvalue weighted by molar-refractivity contribution is 5.13. The summed E-state index contributed by atoms with van der Waals surface area (Å²) in [4.78, 5) is 0. The summed E-state index contributed by atoms with van der Waals surface area (Å²) in [5.74, 6) is 6.00. The average molecular weight is 656 g/mol. The van der Waals surface area contributed by atoms with Gasteiger partial charge in [-0.2, -0.15) is 0 Å². The Kier molecular flexibility index (Phi) is 50.1. The Bertz CT molecular complexity index is 779. The first-order valence-corrected chi connectivity index (χ1v) is 18.9. The fourth-order valence-corrected chi connectivity index (χ4v) is 3.99. The molecule has 0 amide bonds. The number of aryl methyl sites for hydroxylation is 1. The minimum atomic E-state index is 0.0753. The number of benzene rings is 1. The lowest BCUT2D eigenvalue weighted by atomic mass is 9.91. The van der Waals surface area contributed by atoms with Crippen molar-refractivity contribution in [2.75, 3.05) is 13.1 Å². The Morgan fingerprint density at radius 3 is 1.72 bits per heavy atom. The highest BCUT2D eigenvalue weighted by Crippen LogP contribution is 2.22. The van der Waals surface area contributed by atoms with Gasteiger partial charge >= 0.3 is 0 Å². The number of nitrogens with two attached hydrogens (primary N) is 1. The molecule has 3 nitrogen and oxygen atoms in total. The van der Waals surface area contributed by atoms with Gasteiger partial charge in [-0.15, -0.1) is 25.5 Å². The quantitative estimate of drug-likeness (QED) is 0.146. The summed E-state index contributed by atoms with van der Waals surface area (Å²) in [6, 6.07) is 10.3. The highest BCUT2D eigenvalue weighted by atomic mass is 15.0. The van der Waals surface area contributed by atoms with Crippen LogP contribution in [0.2, 0.25) is 0 Å². The lowest BCUT2D eigenvalue weighted by Crippen LogP contribution is -2.36. The summed E-state index contributed by atoms with van der Waals surface area (Å²) in [5.41, 5.74) is 8.36. The molecule has 1 aliphatic rings. The standard InChI is InChI=1S/C19H34N2.C7H14.C7H8.C4H10.C3H9N.C2H6.C2H4/c1-8-10-17(6)21-19(11-9-2)18(7)20-14-16(5)13-12-15(3)4;2*1-7-5-3-2-4-6-7;1-4(2)3;1-2-3-4;2*1-2/h2,15-16,19-21H,6-8,10-14H2,1,3-5H3;7H,2-6H2,1H3;2-6H,1H3;4H,1-3H3;2-4H2,1H3;1-2H3;1-2H2. The van der Waals surface area contributed by atoms with E-state index in [1.165, 1.54) is 50.5 Å². The first kappa shape index (κ1) is 54.0. The predicted molar refractivity (Wildman–Crippen MR) is 221 cm³/mol. The topological polar surface area (TPSA) is 50.1 Å². The average Bonchev–Trinajstić information content (AvgIpc) is 3.05. The van der Waals surface area contributed by atoms with E-state index in [2.05, 4.69) is 124 Å². The molecule has 2 rings (SSSR count). The Morgan fingerprint density at radius 1 is 0.915 bits per heavy atom. The van der Waals surface area contributed by atoms with Gasteiger partial charge in [0.1, 0.15) is 0 Å². The van der Waals surface area contributed by atoms with E-state index >= 15 is 0 Å². The number of hydrogen-bond acceptors (Lipinski definition) is 3. The third kappa shape index (κ3) is 50.6. The Morgan fingerprint density at radius 2 is 1.40 bits per heavy atom. The van der Waals surface area contributed by atoms with Crippen molar-refractivity contribution in [2.24, 2.45) is 29.4 Å². The molecule has 276 valence electrons. The second kappa shape index (κ2) is 43.6. The number of allylic oxidation sites excluding steroid dienone is 1. The maximum absolute atomic E-state index is 5.47. The summed E-state index contributed by atoms with van der Waals surface area (Å²) in [6.07, 6.45) is 19.2.